The maximum atomic E-state index is 13.5. The summed E-state index contributed by atoms with van der Waals surface area (Å²) in [5, 5.41) is 0. The third kappa shape index (κ3) is 3.97. The number of benzene rings is 1. The van der Waals surface area contributed by atoms with E-state index in [0.717, 1.165) is 11.8 Å². The molecule has 0 radical (unpaired) electrons. The Kier molecular flexibility index (Phi) is 5.62. The first-order valence-electron chi connectivity index (χ1n) is 8.93. The van der Waals surface area contributed by atoms with Gasteiger partial charge in [0.2, 0.25) is 0 Å². The van der Waals surface area contributed by atoms with Gasteiger partial charge in [-0.25, -0.2) is 23.5 Å². The quantitative estimate of drug-likeness (QED) is 0.805. The average Bonchev–Trinajstić information content (AvgIpc) is 2.68. The number of rotatable bonds is 3. The molecular weight excluding hydrogens is 368 g/mol. The third-order valence-corrected chi connectivity index (χ3v) is 4.82. The average molecular weight is 391 g/mol. The lowest BCUT2D eigenvalue weighted by atomic mass is 10.2. The van der Waals surface area contributed by atoms with Crippen LogP contribution in [-0.4, -0.2) is 61.2 Å². The number of amides is 2. The Labute approximate surface area is 162 Å². The SMILES string of the molecule is COc1nc(C)c(C)nc1N(C)C(=O)N1CCN(c2cc(F)cc(F)c2)CC1. The second-order valence-corrected chi connectivity index (χ2v) is 6.67. The van der Waals surface area contributed by atoms with Crippen molar-refractivity contribution in [3.8, 4) is 5.88 Å². The summed E-state index contributed by atoms with van der Waals surface area (Å²) in [6, 6.07) is 3.20. The molecule has 1 aromatic carbocycles. The maximum Gasteiger partial charge on any atom is 0.325 e. The summed E-state index contributed by atoms with van der Waals surface area (Å²) in [6.07, 6.45) is 0. The van der Waals surface area contributed by atoms with Gasteiger partial charge in [0.25, 0.3) is 5.88 Å². The van der Waals surface area contributed by atoms with E-state index in [-0.39, 0.29) is 11.9 Å². The fourth-order valence-electron chi connectivity index (χ4n) is 3.11. The number of urea groups is 1. The largest absolute Gasteiger partial charge is 0.478 e. The minimum absolute atomic E-state index is 0.235. The van der Waals surface area contributed by atoms with Crippen molar-refractivity contribution in [2.24, 2.45) is 0 Å². The van der Waals surface area contributed by atoms with Gasteiger partial charge in [-0.3, -0.25) is 4.90 Å². The van der Waals surface area contributed by atoms with E-state index >= 15 is 0 Å². The molecular formula is C19H23F2N5O2. The Morgan fingerprint density at radius 1 is 1.04 bits per heavy atom. The van der Waals surface area contributed by atoms with Crippen LogP contribution in [0.4, 0.5) is 25.1 Å². The Morgan fingerprint density at radius 3 is 2.18 bits per heavy atom. The molecule has 0 bridgehead atoms. The van der Waals surface area contributed by atoms with Gasteiger partial charge < -0.3 is 14.5 Å². The molecule has 1 saturated heterocycles. The van der Waals surface area contributed by atoms with Crippen molar-refractivity contribution in [3.63, 3.8) is 0 Å². The Balaban J connectivity index is 1.70. The van der Waals surface area contributed by atoms with Gasteiger partial charge in [-0.1, -0.05) is 0 Å². The van der Waals surface area contributed by atoms with Crippen LogP contribution in [0.2, 0.25) is 0 Å². The van der Waals surface area contributed by atoms with Gasteiger partial charge in [0.05, 0.1) is 18.5 Å². The summed E-state index contributed by atoms with van der Waals surface area (Å²) in [4.78, 5) is 26.6. The molecule has 7 nitrogen and oxygen atoms in total. The van der Waals surface area contributed by atoms with Gasteiger partial charge in [0, 0.05) is 45.0 Å². The van der Waals surface area contributed by atoms with E-state index in [1.807, 2.05) is 18.7 Å². The number of piperazine rings is 1. The predicted octanol–water partition coefficient (Wildman–Crippen LogP) is 2.76. The van der Waals surface area contributed by atoms with Crippen molar-refractivity contribution < 1.29 is 18.3 Å². The summed E-state index contributed by atoms with van der Waals surface area (Å²) in [6.45, 7) is 5.42. The first kappa shape index (κ1) is 19.8. The normalized spacial score (nSPS) is 14.2. The van der Waals surface area contributed by atoms with Crippen molar-refractivity contribution in [3.05, 3.63) is 41.2 Å². The highest BCUT2D eigenvalue weighted by molar-refractivity contribution is 5.91. The molecule has 0 spiro atoms. The number of carbonyl (C=O) groups excluding carboxylic acids is 1. The molecule has 1 aromatic heterocycles. The van der Waals surface area contributed by atoms with Crippen LogP contribution in [0.3, 0.4) is 0 Å². The van der Waals surface area contributed by atoms with Gasteiger partial charge in [0.15, 0.2) is 5.82 Å². The maximum absolute atomic E-state index is 13.5. The third-order valence-electron chi connectivity index (χ3n) is 4.82. The molecule has 2 amide bonds. The molecule has 9 heteroatoms. The van der Waals surface area contributed by atoms with Crippen LogP contribution in [0, 0.1) is 25.5 Å². The van der Waals surface area contributed by atoms with E-state index in [4.69, 9.17) is 4.74 Å². The molecule has 2 heterocycles. The van der Waals surface area contributed by atoms with E-state index in [1.54, 1.807) is 11.9 Å². The molecule has 0 unspecified atom stereocenters. The molecule has 0 atom stereocenters. The van der Waals surface area contributed by atoms with Gasteiger partial charge in [-0.15, -0.1) is 0 Å². The van der Waals surface area contributed by atoms with E-state index in [0.29, 0.717) is 43.4 Å². The highest BCUT2D eigenvalue weighted by Gasteiger charge is 2.27. The molecule has 3 rings (SSSR count). The van der Waals surface area contributed by atoms with Crippen LogP contribution in [0.25, 0.3) is 0 Å². The van der Waals surface area contributed by atoms with Crippen molar-refractivity contribution in [1.82, 2.24) is 14.9 Å². The first-order chi connectivity index (χ1) is 13.3. The molecule has 0 N–H and O–H groups in total. The Morgan fingerprint density at radius 2 is 1.61 bits per heavy atom. The van der Waals surface area contributed by atoms with Crippen LogP contribution >= 0.6 is 0 Å². The molecule has 0 saturated carbocycles. The summed E-state index contributed by atoms with van der Waals surface area (Å²) in [5.41, 5.74) is 1.92. The Hall–Kier alpha value is -2.97. The van der Waals surface area contributed by atoms with E-state index in [9.17, 15) is 13.6 Å². The van der Waals surface area contributed by atoms with Crippen LogP contribution < -0.4 is 14.5 Å². The summed E-state index contributed by atoms with van der Waals surface area (Å²) < 4.78 is 32.2. The van der Waals surface area contributed by atoms with Crippen molar-refractivity contribution in [2.45, 2.75) is 13.8 Å². The van der Waals surface area contributed by atoms with Crippen molar-refractivity contribution >= 4 is 17.5 Å². The number of halogens is 2. The van der Waals surface area contributed by atoms with Gasteiger partial charge in [-0.2, -0.15) is 0 Å². The van der Waals surface area contributed by atoms with Crippen molar-refractivity contribution in [1.29, 1.82) is 0 Å². The topological polar surface area (TPSA) is 61.8 Å². The van der Waals surface area contributed by atoms with Crippen LogP contribution in [0.1, 0.15) is 11.4 Å². The predicted molar refractivity (Wildman–Crippen MR) is 102 cm³/mol. The Bertz CT molecular complexity index is 865. The number of hydrogen-bond donors (Lipinski definition) is 0. The summed E-state index contributed by atoms with van der Waals surface area (Å²) in [5.74, 6) is -0.597. The molecule has 1 fully saturated rings. The van der Waals surface area contributed by atoms with Gasteiger partial charge in [-0.05, 0) is 26.0 Å². The molecule has 1 aliphatic heterocycles. The number of hydrogen-bond acceptors (Lipinski definition) is 5. The van der Waals surface area contributed by atoms with Crippen LogP contribution in [-0.2, 0) is 0 Å². The van der Waals surface area contributed by atoms with E-state index < -0.39 is 11.6 Å². The number of aryl methyl sites for hydroxylation is 2. The number of nitrogens with zero attached hydrogens (tertiary/aromatic N) is 5. The number of anilines is 2. The lowest BCUT2D eigenvalue weighted by Crippen LogP contribution is -2.52. The molecule has 1 aliphatic rings. The zero-order valence-electron chi connectivity index (χ0n) is 16.4. The monoisotopic (exact) mass is 391 g/mol. The second-order valence-electron chi connectivity index (χ2n) is 6.67. The highest BCUT2D eigenvalue weighted by atomic mass is 19.1. The molecule has 2 aromatic rings. The van der Waals surface area contributed by atoms with E-state index in [2.05, 4.69) is 9.97 Å². The summed E-state index contributed by atoms with van der Waals surface area (Å²) >= 11 is 0. The highest BCUT2D eigenvalue weighted by Crippen LogP contribution is 2.26. The first-order valence-corrected chi connectivity index (χ1v) is 8.93. The van der Waals surface area contributed by atoms with Crippen molar-refractivity contribution in [2.75, 3.05) is 50.1 Å². The zero-order chi connectivity index (χ0) is 20.4. The molecule has 150 valence electrons. The second kappa shape index (κ2) is 7.95. The van der Waals surface area contributed by atoms with Gasteiger partial charge in [0.1, 0.15) is 11.6 Å². The lowest BCUT2D eigenvalue weighted by molar-refractivity contribution is 0.202. The number of methoxy groups -OCH3 is 1. The number of ether oxygens (including phenoxy) is 1. The zero-order valence-corrected chi connectivity index (χ0v) is 16.4. The van der Waals surface area contributed by atoms with Crippen LogP contribution in [0.15, 0.2) is 18.2 Å². The molecule has 0 aliphatic carbocycles. The number of carbonyl (C=O) groups is 1. The lowest BCUT2D eigenvalue weighted by Gasteiger charge is -2.37. The molecule has 28 heavy (non-hydrogen) atoms. The van der Waals surface area contributed by atoms with E-state index in [1.165, 1.54) is 24.1 Å². The minimum atomic E-state index is -0.617. The fourth-order valence-corrected chi connectivity index (χ4v) is 3.11. The summed E-state index contributed by atoms with van der Waals surface area (Å²) in [7, 11) is 3.11. The number of aromatic nitrogens is 2. The minimum Gasteiger partial charge on any atom is -0.478 e. The standard InChI is InChI=1S/C19H23F2N5O2/c1-12-13(2)23-18(28-4)17(22-12)24(3)19(27)26-7-5-25(6-8-26)16-10-14(20)9-15(21)11-16/h9-11H,5-8H2,1-4H3. The fraction of sp³-hybridized carbons (Fsp3) is 0.421. The smallest absolute Gasteiger partial charge is 0.325 e. The van der Waals surface area contributed by atoms with Crippen LogP contribution in [0.5, 0.6) is 5.88 Å². The van der Waals surface area contributed by atoms with Gasteiger partial charge >= 0.3 is 6.03 Å².